The predicted molar refractivity (Wildman–Crippen MR) is 71.9 cm³/mol. The summed E-state index contributed by atoms with van der Waals surface area (Å²) in [6, 6.07) is 5.78. The number of aromatic hydroxyl groups is 1. The summed E-state index contributed by atoms with van der Waals surface area (Å²) < 4.78 is 10.3. The lowest BCUT2D eigenvalue weighted by atomic mass is 10.0. The topological polar surface area (TPSA) is 50.7 Å². The van der Waals surface area contributed by atoms with E-state index in [1.54, 1.807) is 20.3 Å². The van der Waals surface area contributed by atoms with Gasteiger partial charge in [-0.3, -0.25) is 0 Å². The molecule has 0 aliphatic rings. The molecule has 2 atom stereocenters. The van der Waals surface area contributed by atoms with Crippen molar-refractivity contribution in [1.82, 2.24) is 5.32 Å². The van der Waals surface area contributed by atoms with Crippen molar-refractivity contribution in [3.63, 3.8) is 0 Å². The molecule has 2 unspecified atom stereocenters. The molecule has 0 radical (unpaired) electrons. The van der Waals surface area contributed by atoms with Gasteiger partial charge < -0.3 is 19.9 Å². The summed E-state index contributed by atoms with van der Waals surface area (Å²) in [6.07, 6.45) is 0.0186. The van der Waals surface area contributed by atoms with Crippen molar-refractivity contribution in [2.24, 2.45) is 0 Å². The lowest BCUT2D eigenvalue weighted by Gasteiger charge is -2.20. The highest BCUT2D eigenvalue weighted by atomic mass is 16.5. The summed E-state index contributed by atoms with van der Waals surface area (Å²) in [5.74, 6) is 0.329. The van der Waals surface area contributed by atoms with E-state index >= 15 is 0 Å². The van der Waals surface area contributed by atoms with Gasteiger partial charge >= 0.3 is 0 Å². The van der Waals surface area contributed by atoms with Crippen molar-refractivity contribution in [2.75, 3.05) is 27.4 Å². The maximum atomic E-state index is 9.89. The normalized spacial score (nSPS) is 14.4. The number of hydrogen-bond donors (Lipinski definition) is 2. The van der Waals surface area contributed by atoms with E-state index in [1.807, 2.05) is 26.0 Å². The van der Waals surface area contributed by atoms with Crippen LogP contribution in [-0.4, -0.2) is 38.6 Å². The van der Waals surface area contributed by atoms with Gasteiger partial charge in [0.25, 0.3) is 0 Å². The van der Waals surface area contributed by atoms with Gasteiger partial charge in [0.1, 0.15) is 5.75 Å². The largest absolute Gasteiger partial charge is 0.508 e. The standard InChI is InChI=1S/C14H23NO3/c1-10-5-6-13(14(16)7-10)11(2)15-8-12(18-4)9-17-3/h5-7,11-12,15-16H,8-9H2,1-4H3. The number of benzene rings is 1. The molecule has 102 valence electrons. The van der Waals surface area contributed by atoms with Crippen molar-refractivity contribution in [1.29, 1.82) is 0 Å². The molecule has 4 heteroatoms. The van der Waals surface area contributed by atoms with E-state index in [0.29, 0.717) is 18.9 Å². The van der Waals surface area contributed by atoms with E-state index in [-0.39, 0.29) is 12.1 Å². The van der Waals surface area contributed by atoms with E-state index in [4.69, 9.17) is 9.47 Å². The van der Waals surface area contributed by atoms with E-state index in [0.717, 1.165) is 11.1 Å². The molecule has 0 spiro atoms. The average molecular weight is 253 g/mol. The Hall–Kier alpha value is -1.10. The lowest BCUT2D eigenvalue weighted by molar-refractivity contribution is 0.0276. The minimum absolute atomic E-state index is 0.0186. The molecule has 0 aliphatic heterocycles. The van der Waals surface area contributed by atoms with Crippen LogP contribution in [0.4, 0.5) is 0 Å². The summed E-state index contributed by atoms with van der Waals surface area (Å²) in [5.41, 5.74) is 1.95. The first-order valence-electron chi connectivity index (χ1n) is 6.13. The third-order valence-electron chi connectivity index (χ3n) is 2.99. The number of phenols is 1. The van der Waals surface area contributed by atoms with Gasteiger partial charge in [0, 0.05) is 32.4 Å². The van der Waals surface area contributed by atoms with Crippen LogP contribution in [0.25, 0.3) is 0 Å². The molecule has 0 fully saturated rings. The van der Waals surface area contributed by atoms with Gasteiger partial charge in [-0.2, -0.15) is 0 Å². The summed E-state index contributed by atoms with van der Waals surface area (Å²) in [4.78, 5) is 0. The van der Waals surface area contributed by atoms with E-state index in [9.17, 15) is 5.11 Å². The molecule has 0 aromatic heterocycles. The fourth-order valence-electron chi connectivity index (χ4n) is 1.83. The van der Waals surface area contributed by atoms with Crippen LogP contribution in [0, 0.1) is 6.92 Å². The van der Waals surface area contributed by atoms with Crippen molar-refractivity contribution in [2.45, 2.75) is 26.0 Å². The van der Waals surface area contributed by atoms with Gasteiger partial charge in [-0.15, -0.1) is 0 Å². The summed E-state index contributed by atoms with van der Waals surface area (Å²) in [7, 11) is 3.32. The molecule has 0 saturated carbocycles. The zero-order valence-corrected chi connectivity index (χ0v) is 11.6. The minimum atomic E-state index is 0.0186. The monoisotopic (exact) mass is 253 g/mol. The quantitative estimate of drug-likeness (QED) is 0.780. The van der Waals surface area contributed by atoms with Crippen LogP contribution in [-0.2, 0) is 9.47 Å². The van der Waals surface area contributed by atoms with Crippen LogP contribution >= 0.6 is 0 Å². The first-order chi connectivity index (χ1) is 8.58. The fraction of sp³-hybridized carbons (Fsp3) is 0.571. The van der Waals surface area contributed by atoms with E-state index < -0.39 is 0 Å². The zero-order valence-electron chi connectivity index (χ0n) is 11.6. The van der Waals surface area contributed by atoms with Gasteiger partial charge in [-0.25, -0.2) is 0 Å². The van der Waals surface area contributed by atoms with Crippen LogP contribution < -0.4 is 5.32 Å². The third kappa shape index (κ3) is 4.29. The van der Waals surface area contributed by atoms with Crippen LogP contribution in [0.15, 0.2) is 18.2 Å². The molecule has 1 rings (SSSR count). The fourth-order valence-corrected chi connectivity index (χ4v) is 1.83. The number of phenolic OH excluding ortho intramolecular Hbond substituents is 1. The zero-order chi connectivity index (χ0) is 13.5. The maximum absolute atomic E-state index is 9.89. The van der Waals surface area contributed by atoms with Gasteiger partial charge in [-0.1, -0.05) is 12.1 Å². The Morgan fingerprint density at radius 3 is 2.61 bits per heavy atom. The molecule has 2 N–H and O–H groups in total. The van der Waals surface area contributed by atoms with Crippen LogP contribution in [0.3, 0.4) is 0 Å². The highest BCUT2D eigenvalue weighted by Crippen LogP contribution is 2.24. The minimum Gasteiger partial charge on any atom is -0.508 e. The number of ether oxygens (including phenoxy) is 2. The van der Waals surface area contributed by atoms with Gasteiger partial charge in [0.2, 0.25) is 0 Å². The van der Waals surface area contributed by atoms with Crippen LogP contribution in [0.2, 0.25) is 0 Å². The highest BCUT2D eigenvalue weighted by molar-refractivity contribution is 5.37. The molecule has 1 aromatic carbocycles. The molecular weight excluding hydrogens is 230 g/mol. The van der Waals surface area contributed by atoms with E-state index in [2.05, 4.69) is 5.32 Å². The average Bonchev–Trinajstić information content (AvgIpc) is 2.34. The predicted octanol–water partition coefficient (Wildman–Crippen LogP) is 2.01. The Bertz CT molecular complexity index is 368. The molecule has 0 heterocycles. The third-order valence-corrected chi connectivity index (χ3v) is 2.99. The van der Waals surface area contributed by atoms with Crippen molar-refractivity contribution in [3.05, 3.63) is 29.3 Å². The van der Waals surface area contributed by atoms with Crippen molar-refractivity contribution < 1.29 is 14.6 Å². The Kier molecular flexibility index (Phi) is 6.12. The van der Waals surface area contributed by atoms with Crippen LogP contribution in [0.5, 0.6) is 5.75 Å². The van der Waals surface area contributed by atoms with Crippen molar-refractivity contribution in [3.8, 4) is 5.75 Å². The number of rotatable bonds is 7. The maximum Gasteiger partial charge on any atom is 0.120 e. The Morgan fingerprint density at radius 1 is 1.33 bits per heavy atom. The first kappa shape index (κ1) is 15.0. The smallest absolute Gasteiger partial charge is 0.120 e. The molecule has 0 amide bonds. The second kappa shape index (κ2) is 7.36. The van der Waals surface area contributed by atoms with Gasteiger partial charge in [-0.05, 0) is 25.5 Å². The lowest BCUT2D eigenvalue weighted by Crippen LogP contribution is -2.33. The Labute approximate surface area is 109 Å². The summed E-state index contributed by atoms with van der Waals surface area (Å²) in [5, 5.41) is 13.2. The van der Waals surface area contributed by atoms with Crippen molar-refractivity contribution >= 4 is 0 Å². The van der Waals surface area contributed by atoms with E-state index in [1.165, 1.54) is 0 Å². The molecular formula is C14H23NO3. The second-order valence-electron chi connectivity index (χ2n) is 4.51. The Morgan fingerprint density at radius 2 is 2.06 bits per heavy atom. The number of nitrogens with one attached hydrogen (secondary N) is 1. The molecule has 0 aliphatic carbocycles. The molecule has 1 aromatic rings. The number of hydrogen-bond acceptors (Lipinski definition) is 4. The van der Waals surface area contributed by atoms with Gasteiger partial charge in [0.05, 0.1) is 12.7 Å². The van der Waals surface area contributed by atoms with Gasteiger partial charge in [0.15, 0.2) is 0 Å². The molecule has 4 nitrogen and oxygen atoms in total. The molecule has 18 heavy (non-hydrogen) atoms. The SMILES string of the molecule is COCC(CNC(C)c1ccc(C)cc1O)OC. The first-order valence-corrected chi connectivity index (χ1v) is 6.13. The second-order valence-corrected chi connectivity index (χ2v) is 4.51. The summed E-state index contributed by atoms with van der Waals surface area (Å²) >= 11 is 0. The molecule has 0 bridgehead atoms. The number of aryl methyl sites for hydroxylation is 1. The highest BCUT2D eigenvalue weighted by Gasteiger charge is 2.13. The molecule has 0 saturated heterocycles. The number of methoxy groups -OCH3 is 2. The Balaban J connectivity index is 2.56. The van der Waals surface area contributed by atoms with Crippen LogP contribution in [0.1, 0.15) is 24.1 Å². The summed E-state index contributed by atoms with van der Waals surface area (Å²) in [6.45, 7) is 5.21.